The summed E-state index contributed by atoms with van der Waals surface area (Å²) in [7, 11) is 0. The van der Waals surface area contributed by atoms with Crippen LogP contribution in [-0.2, 0) is 9.59 Å². The average Bonchev–Trinajstić information content (AvgIpc) is 1.87. The highest BCUT2D eigenvalue weighted by molar-refractivity contribution is 5.73. The molecule has 5 heteroatoms. The van der Waals surface area contributed by atoms with E-state index in [-0.39, 0.29) is 6.42 Å². The van der Waals surface area contributed by atoms with Gasteiger partial charge in [-0.05, 0) is 12.3 Å². The molecule has 0 rings (SSSR count). The van der Waals surface area contributed by atoms with E-state index < -0.39 is 23.9 Å². The summed E-state index contributed by atoms with van der Waals surface area (Å²) in [4.78, 5) is 20.1. The van der Waals surface area contributed by atoms with E-state index >= 15 is 0 Å². The second-order valence-electron chi connectivity index (χ2n) is 2.38. The van der Waals surface area contributed by atoms with Crippen LogP contribution in [0.1, 0.15) is 13.3 Å². The Morgan fingerprint density at radius 1 is 1.36 bits per heavy atom. The molecular formula is C6H9NO4-2. The number of nitrogens with two attached hydrogens (primary N) is 1. The first-order chi connectivity index (χ1) is 4.95. The zero-order valence-corrected chi connectivity index (χ0v) is 6.07. The zero-order valence-electron chi connectivity index (χ0n) is 6.07. The minimum atomic E-state index is -1.45. The second-order valence-corrected chi connectivity index (χ2v) is 2.38. The monoisotopic (exact) mass is 159 g/mol. The van der Waals surface area contributed by atoms with Crippen molar-refractivity contribution in [1.82, 2.24) is 0 Å². The molecule has 0 amide bonds. The van der Waals surface area contributed by atoms with Gasteiger partial charge in [-0.1, -0.05) is 6.92 Å². The highest BCUT2D eigenvalue weighted by atomic mass is 16.4. The third kappa shape index (κ3) is 3.57. The Kier molecular flexibility index (Phi) is 3.53. The molecule has 0 aromatic carbocycles. The number of aliphatic carboxylic acids is 2. The Hall–Kier alpha value is -1.10. The van der Waals surface area contributed by atoms with E-state index in [9.17, 15) is 19.8 Å². The summed E-state index contributed by atoms with van der Waals surface area (Å²) in [6.45, 7) is 1.33. The van der Waals surface area contributed by atoms with Gasteiger partial charge in [0.05, 0.1) is 5.97 Å². The van der Waals surface area contributed by atoms with E-state index in [4.69, 9.17) is 5.73 Å². The maximum atomic E-state index is 10.1. The van der Waals surface area contributed by atoms with Crippen molar-refractivity contribution in [2.75, 3.05) is 0 Å². The van der Waals surface area contributed by atoms with E-state index in [0.717, 1.165) is 0 Å². The van der Waals surface area contributed by atoms with Crippen LogP contribution in [0.4, 0.5) is 0 Å². The predicted octanol–water partition coefficient (Wildman–Crippen LogP) is -3.16. The molecule has 0 aromatic heterocycles. The molecule has 0 fully saturated rings. The molecule has 2 N–H and O–H groups in total. The van der Waals surface area contributed by atoms with Crippen molar-refractivity contribution >= 4 is 11.9 Å². The second kappa shape index (κ2) is 3.92. The zero-order chi connectivity index (χ0) is 9.02. The average molecular weight is 159 g/mol. The van der Waals surface area contributed by atoms with Crippen molar-refractivity contribution in [3.05, 3.63) is 0 Å². The number of carboxylic acids is 2. The normalized spacial score (nSPS) is 15.5. The lowest BCUT2D eigenvalue weighted by Crippen LogP contribution is -2.44. The molecule has 0 bridgehead atoms. The topological polar surface area (TPSA) is 106 Å². The van der Waals surface area contributed by atoms with E-state index in [0.29, 0.717) is 0 Å². The molecule has 5 nitrogen and oxygen atoms in total. The van der Waals surface area contributed by atoms with Gasteiger partial charge in [-0.2, -0.15) is 0 Å². The first-order valence-corrected chi connectivity index (χ1v) is 3.12. The van der Waals surface area contributed by atoms with E-state index in [1.54, 1.807) is 0 Å². The predicted molar refractivity (Wildman–Crippen MR) is 31.8 cm³/mol. The number of carbonyl (C=O) groups excluding carboxylic acids is 2. The summed E-state index contributed by atoms with van der Waals surface area (Å²) in [5, 5.41) is 20.1. The van der Waals surface area contributed by atoms with Crippen molar-refractivity contribution < 1.29 is 19.8 Å². The SMILES string of the molecule is CC(CC(N)C(=O)[O-])C(=O)[O-]. The van der Waals surface area contributed by atoms with Crippen molar-refractivity contribution in [1.29, 1.82) is 0 Å². The van der Waals surface area contributed by atoms with E-state index in [1.165, 1.54) is 6.92 Å². The third-order valence-electron chi connectivity index (χ3n) is 1.31. The summed E-state index contributed by atoms with van der Waals surface area (Å²) in [6.07, 6.45) is -0.162. The van der Waals surface area contributed by atoms with Crippen LogP contribution >= 0.6 is 0 Å². The van der Waals surface area contributed by atoms with Crippen molar-refractivity contribution in [2.24, 2.45) is 11.7 Å². The summed E-state index contributed by atoms with van der Waals surface area (Å²) in [5.41, 5.74) is 5.00. The Morgan fingerprint density at radius 3 is 2.09 bits per heavy atom. The lowest BCUT2D eigenvalue weighted by Gasteiger charge is -2.18. The van der Waals surface area contributed by atoms with Crippen LogP contribution in [0.25, 0.3) is 0 Å². The molecular weight excluding hydrogens is 150 g/mol. The lowest BCUT2D eigenvalue weighted by atomic mass is 10.0. The first-order valence-electron chi connectivity index (χ1n) is 3.12. The van der Waals surface area contributed by atoms with Crippen molar-refractivity contribution in [2.45, 2.75) is 19.4 Å². The number of hydrogen-bond donors (Lipinski definition) is 1. The number of hydrogen-bond acceptors (Lipinski definition) is 5. The standard InChI is InChI=1S/C6H11NO4/c1-3(5(8)9)2-4(7)6(10)11/h3-4H,2,7H2,1H3,(H,8,9)(H,10,11)/p-2. The summed E-state index contributed by atoms with van der Waals surface area (Å²) < 4.78 is 0. The highest BCUT2D eigenvalue weighted by Crippen LogP contribution is 2.01. The molecule has 64 valence electrons. The third-order valence-corrected chi connectivity index (χ3v) is 1.31. The van der Waals surface area contributed by atoms with Gasteiger partial charge in [0.1, 0.15) is 0 Å². The van der Waals surface area contributed by atoms with Crippen LogP contribution in [0, 0.1) is 5.92 Å². The number of rotatable bonds is 4. The Morgan fingerprint density at radius 2 is 1.82 bits per heavy atom. The van der Waals surface area contributed by atoms with Crippen LogP contribution in [0.15, 0.2) is 0 Å². The number of carbonyl (C=O) groups is 2. The quantitative estimate of drug-likeness (QED) is 0.466. The molecule has 0 radical (unpaired) electrons. The minimum absolute atomic E-state index is 0.162. The largest absolute Gasteiger partial charge is 0.550 e. The Balaban J connectivity index is 3.84. The molecule has 2 unspecified atom stereocenters. The van der Waals surface area contributed by atoms with Crippen LogP contribution < -0.4 is 15.9 Å². The van der Waals surface area contributed by atoms with Gasteiger partial charge in [0.25, 0.3) is 0 Å². The van der Waals surface area contributed by atoms with Crippen LogP contribution in [0.2, 0.25) is 0 Å². The maximum absolute atomic E-state index is 10.1. The summed E-state index contributed by atoms with van der Waals surface area (Å²) >= 11 is 0. The van der Waals surface area contributed by atoms with E-state index in [1.807, 2.05) is 0 Å². The highest BCUT2D eigenvalue weighted by Gasteiger charge is 2.09. The molecule has 0 aliphatic rings. The Bertz CT molecular complexity index is 150. The minimum Gasteiger partial charge on any atom is -0.550 e. The molecule has 0 saturated heterocycles. The molecule has 0 aliphatic carbocycles. The fourth-order valence-corrected chi connectivity index (χ4v) is 0.573. The van der Waals surface area contributed by atoms with E-state index in [2.05, 4.69) is 0 Å². The molecule has 0 spiro atoms. The molecule has 2 atom stereocenters. The van der Waals surface area contributed by atoms with Gasteiger partial charge in [-0.15, -0.1) is 0 Å². The molecule has 0 saturated carbocycles. The van der Waals surface area contributed by atoms with Crippen molar-refractivity contribution in [3.63, 3.8) is 0 Å². The van der Waals surface area contributed by atoms with Gasteiger partial charge >= 0.3 is 0 Å². The molecule has 11 heavy (non-hydrogen) atoms. The van der Waals surface area contributed by atoms with Gasteiger partial charge in [-0.25, -0.2) is 0 Å². The van der Waals surface area contributed by atoms with Gasteiger partial charge in [0.2, 0.25) is 0 Å². The lowest BCUT2D eigenvalue weighted by molar-refractivity contribution is -0.313. The maximum Gasteiger partial charge on any atom is 0.0582 e. The van der Waals surface area contributed by atoms with Crippen LogP contribution in [0.5, 0.6) is 0 Å². The van der Waals surface area contributed by atoms with Crippen LogP contribution in [-0.4, -0.2) is 18.0 Å². The van der Waals surface area contributed by atoms with Crippen molar-refractivity contribution in [3.8, 4) is 0 Å². The first kappa shape index (κ1) is 9.90. The molecule has 0 aliphatic heterocycles. The molecule has 0 aromatic rings. The van der Waals surface area contributed by atoms with Gasteiger partial charge in [0, 0.05) is 12.0 Å². The fraction of sp³-hybridized carbons (Fsp3) is 0.667. The summed E-state index contributed by atoms with van der Waals surface area (Å²) in [5.74, 6) is -3.61. The van der Waals surface area contributed by atoms with Crippen LogP contribution in [0.3, 0.4) is 0 Å². The smallest absolute Gasteiger partial charge is 0.0582 e. The molecule has 0 heterocycles. The van der Waals surface area contributed by atoms with Gasteiger partial charge < -0.3 is 25.5 Å². The van der Waals surface area contributed by atoms with Gasteiger partial charge in [0.15, 0.2) is 0 Å². The summed E-state index contributed by atoms with van der Waals surface area (Å²) in [6, 6.07) is -1.23. The fourth-order valence-electron chi connectivity index (χ4n) is 0.573. The Labute approximate surface area is 63.8 Å². The number of carboxylic acid groups (broad SMARTS) is 2. The van der Waals surface area contributed by atoms with Gasteiger partial charge in [-0.3, -0.25) is 0 Å².